The number of phenols is 1. The van der Waals surface area contributed by atoms with Gasteiger partial charge in [0.2, 0.25) is 5.91 Å². The lowest BCUT2D eigenvalue weighted by atomic mass is 10.0. The van der Waals surface area contributed by atoms with Crippen molar-refractivity contribution in [3.63, 3.8) is 0 Å². The van der Waals surface area contributed by atoms with Crippen molar-refractivity contribution in [3.8, 4) is 5.75 Å². The average molecular weight is 315 g/mol. The van der Waals surface area contributed by atoms with E-state index in [0.29, 0.717) is 12.1 Å². The molecule has 0 radical (unpaired) electrons. The van der Waals surface area contributed by atoms with E-state index in [-0.39, 0.29) is 12.3 Å². The highest BCUT2D eigenvalue weighted by Crippen LogP contribution is 2.26. The monoisotopic (exact) mass is 315 g/mol. The second-order valence-corrected chi connectivity index (χ2v) is 5.09. The molecule has 2 rings (SSSR count). The summed E-state index contributed by atoms with van der Waals surface area (Å²) in [5.41, 5.74) is 6.89. The van der Waals surface area contributed by atoms with Crippen molar-refractivity contribution in [3.05, 3.63) is 69.8 Å². The standard InChI is InChI=1S/C16H17N3O4/c17-13(16(21)18-10-11-4-2-1-3-5-11)8-12-6-7-15(20)14(9-12)19(22)23/h1-7,9,13,20H,8,10,17H2,(H,18,21)/t13-/m0/s1. The molecular formula is C16H17N3O4. The zero-order valence-corrected chi connectivity index (χ0v) is 12.3. The Morgan fingerprint density at radius 2 is 1.91 bits per heavy atom. The van der Waals surface area contributed by atoms with Crippen molar-refractivity contribution >= 4 is 11.6 Å². The predicted octanol–water partition coefficient (Wildman–Crippen LogP) is 1.49. The normalized spacial score (nSPS) is 11.7. The number of amides is 1. The first kappa shape index (κ1) is 16.4. The maximum atomic E-state index is 12.0. The van der Waals surface area contributed by atoms with Crippen molar-refractivity contribution in [1.82, 2.24) is 5.32 Å². The molecule has 0 aromatic heterocycles. The number of aromatic hydroxyl groups is 1. The largest absolute Gasteiger partial charge is 0.502 e. The second kappa shape index (κ2) is 7.37. The Hall–Kier alpha value is -2.93. The van der Waals surface area contributed by atoms with Gasteiger partial charge >= 0.3 is 5.69 Å². The zero-order valence-electron chi connectivity index (χ0n) is 12.3. The first-order valence-corrected chi connectivity index (χ1v) is 7.01. The minimum absolute atomic E-state index is 0.141. The molecule has 4 N–H and O–H groups in total. The van der Waals surface area contributed by atoms with Gasteiger partial charge in [-0.25, -0.2) is 0 Å². The van der Waals surface area contributed by atoms with E-state index in [2.05, 4.69) is 5.32 Å². The fraction of sp³-hybridized carbons (Fsp3) is 0.188. The van der Waals surface area contributed by atoms with Crippen LogP contribution in [0.1, 0.15) is 11.1 Å². The van der Waals surface area contributed by atoms with Gasteiger partial charge < -0.3 is 16.2 Å². The second-order valence-electron chi connectivity index (χ2n) is 5.09. The molecule has 2 aromatic rings. The summed E-state index contributed by atoms with van der Waals surface area (Å²) >= 11 is 0. The molecule has 1 atom stereocenters. The smallest absolute Gasteiger partial charge is 0.310 e. The van der Waals surface area contributed by atoms with E-state index >= 15 is 0 Å². The number of carbonyl (C=O) groups excluding carboxylic acids is 1. The lowest BCUT2D eigenvalue weighted by molar-refractivity contribution is -0.385. The van der Waals surface area contributed by atoms with Gasteiger partial charge in [0.05, 0.1) is 11.0 Å². The van der Waals surface area contributed by atoms with Crippen molar-refractivity contribution in [1.29, 1.82) is 0 Å². The molecule has 0 bridgehead atoms. The molecule has 0 spiro atoms. The molecule has 7 heteroatoms. The molecule has 0 heterocycles. The maximum Gasteiger partial charge on any atom is 0.310 e. The Kier molecular flexibility index (Phi) is 5.27. The Bertz CT molecular complexity index is 704. The molecule has 0 fully saturated rings. The quantitative estimate of drug-likeness (QED) is 0.551. The van der Waals surface area contributed by atoms with E-state index in [1.807, 2.05) is 30.3 Å². The van der Waals surface area contributed by atoms with E-state index in [0.717, 1.165) is 5.56 Å². The Balaban J connectivity index is 1.95. The van der Waals surface area contributed by atoms with Crippen LogP contribution in [0.3, 0.4) is 0 Å². The van der Waals surface area contributed by atoms with Crippen LogP contribution in [0.2, 0.25) is 0 Å². The molecule has 1 amide bonds. The van der Waals surface area contributed by atoms with Crippen LogP contribution in [0.4, 0.5) is 5.69 Å². The zero-order chi connectivity index (χ0) is 16.8. The molecule has 0 saturated heterocycles. The van der Waals surface area contributed by atoms with E-state index in [9.17, 15) is 20.0 Å². The highest BCUT2D eigenvalue weighted by Gasteiger charge is 2.18. The number of nitrogens with two attached hydrogens (primary N) is 1. The molecule has 0 saturated carbocycles. The molecule has 2 aromatic carbocycles. The fourth-order valence-corrected chi connectivity index (χ4v) is 2.10. The summed E-state index contributed by atoms with van der Waals surface area (Å²) in [5.74, 6) is -0.759. The highest BCUT2D eigenvalue weighted by atomic mass is 16.6. The lowest BCUT2D eigenvalue weighted by Gasteiger charge is -2.12. The number of rotatable bonds is 6. The third kappa shape index (κ3) is 4.52. The minimum Gasteiger partial charge on any atom is -0.502 e. The van der Waals surface area contributed by atoms with E-state index in [1.165, 1.54) is 18.2 Å². The van der Waals surface area contributed by atoms with Gasteiger partial charge in [0.25, 0.3) is 0 Å². The molecule has 7 nitrogen and oxygen atoms in total. The molecule has 120 valence electrons. The third-order valence-electron chi connectivity index (χ3n) is 3.34. The maximum absolute atomic E-state index is 12.0. The summed E-state index contributed by atoms with van der Waals surface area (Å²) in [7, 11) is 0. The third-order valence-corrected chi connectivity index (χ3v) is 3.34. The lowest BCUT2D eigenvalue weighted by Crippen LogP contribution is -2.41. The molecule has 23 heavy (non-hydrogen) atoms. The Labute approximate surface area is 132 Å². The number of nitrogens with zero attached hydrogens (tertiary/aromatic N) is 1. The number of hydrogen-bond donors (Lipinski definition) is 3. The summed E-state index contributed by atoms with van der Waals surface area (Å²) in [6, 6.07) is 12.5. The van der Waals surface area contributed by atoms with Gasteiger partial charge in [0.1, 0.15) is 0 Å². The van der Waals surface area contributed by atoms with Gasteiger partial charge in [-0.05, 0) is 23.6 Å². The number of phenolic OH excluding ortho intramolecular Hbond substituents is 1. The predicted molar refractivity (Wildman–Crippen MR) is 84.7 cm³/mol. The van der Waals surface area contributed by atoms with Crippen molar-refractivity contribution in [2.45, 2.75) is 19.0 Å². The number of hydrogen-bond acceptors (Lipinski definition) is 5. The van der Waals surface area contributed by atoms with Gasteiger partial charge in [-0.1, -0.05) is 36.4 Å². The van der Waals surface area contributed by atoms with Crippen molar-refractivity contribution < 1.29 is 14.8 Å². The Morgan fingerprint density at radius 1 is 1.22 bits per heavy atom. The first-order valence-electron chi connectivity index (χ1n) is 7.01. The van der Waals surface area contributed by atoms with Crippen LogP contribution in [-0.4, -0.2) is 22.0 Å². The van der Waals surface area contributed by atoms with E-state index in [1.54, 1.807) is 0 Å². The number of carbonyl (C=O) groups is 1. The molecule has 0 aliphatic rings. The fourth-order valence-electron chi connectivity index (χ4n) is 2.10. The first-order chi connectivity index (χ1) is 11.0. The van der Waals surface area contributed by atoms with Crippen LogP contribution in [-0.2, 0) is 17.8 Å². The Morgan fingerprint density at radius 3 is 2.57 bits per heavy atom. The van der Waals surface area contributed by atoms with Gasteiger partial charge in [-0.15, -0.1) is 0 Å². The van der Waals surface area contributed by atoms with Crippen LogP contribution in [0.25, 0.3) is 0 Å². The highest BCUT2D eigenvalue weighted by molar-refractivity contribution is 5.81. The van der Waals surface area contributed by atoms with Crippen molar-refractivity contribution in [2.75, 3.05) is 0 Å². The summed E-state index contributed by atoms with van der Waals surface area (Å²) in [5, 5.41) is 22.9. The molecular weight excluding hydrogens is 298 g/mol. The summed E-state index contributed by atoms with van der Waals surface area (Å²) in [6.45, 7) is 0.364. The van der Waals surface area contributed by atoms with Crippen LogP contribution in [0, 0.1) is 10.1 Å². The summed E-state index contributed by atoms with van der Waals surface area (Å²) < 4.78 is 0. The number of nitro groups is 1. The number of nitro benzene ring substituents is 1. The van der Waals surface area contributed by atoms with Crippen LogP contribution < -0.4 is 11.1 Å². The molecule has 0 unspecified atom stereocenters. The minimum atomic E-state index is -0.831. The van der Waals surface area contributed by atoms with Crippen LogP contribution in [0.15, 0.2) is 48.5 Å². The number of nitrogens with one attached hydrogen (secondary N) is 1. The van der Waals surface area contributed by atoms with Crippen molar-refractivity contribution in [2.24, 2.45) is 5.73 Å². The van der Waals surface area contributed by atoms with Gasteiger partial charge in [0, 0.05) is 12.6 Å². The number of benzene rings is 2. The van der Waals surface area contributed by atoms with Crippen LogP contribution >= 0.6 is 0 Å². The average Bonchev–Trinajstić information content (AvgIpc) is 2.55. The van der Waals surface area contributed by atoms with Crippen LogP contribution in [0.5, 0.6) is 5.75 Å². The summed E-state index contributed by atoms with van der Waals surface area (Å²) in [6.07, 6.45) is 0.141. The topological polar surface area (TPSA) is 118 Å². The van der Waals surface area contributed by atoms with Gasteiger partial charge in [0.15, 0.2) is 5.75 Å². The summed E-state index contributed by atoms with van der Waals surface area (Å²) in [4.78, 5) is 22.1. The molecule has 0 aliphatic carbocycles. The van der Waals surface area contributed by atoms with Gasteiger partial charge in [-0.2, -0.15) is 0 Å². The molecule has 0 aliphatic heterocycles. The SMILES string of the molecule is N[C@@H](Cc1ccc(O)c([N+](=O)[O-])c1)C(=O)NCc1ccccc1. The van der Waals surface area contributed by atoms with Gasteiger partial charge in [-0.3, -0.25) is 14.9 Å². The van der Waals surface area contributed by atoms with E-state index in [4.69, 9.17) is 5.73 Å². The van der Waals surface area contributed by atoms with E-state index < -0.39 is 22.4 Å².